The average Bonchev–Trinajstić information content (AvgIpc) is 2.31. The van der Waals surface area contributed by atoms with Gasteiger partial charge < -0.3 is 24.8 Å². The van der Waals surface area contributed by atoms with Gasteiger partial charge >= 0.3 is 21.7 Å². The van der Waals surface area contributed by atoms with Crippen molar-refractivity contribution in [1.29, 1.82) is 0 Å². The predicted molar refractivity (Wildman–Crippen MR) is 44.7 cm³/mol. The van der Waals surface area contributed by atoms with Crippen molar-refractivity contribution < 1.29 is 46.5 Å². The Balaban J connectivity index is -0.000000333. The molecule has 0 saturated heterocycles. The van der Waals surface area contributed by atoms with Crippen LogP contribution in [0.1, 0.15) is 39.5 Å². The zero-order valence-corrected chi connectivity index (χ0v) is 11.2. The van der Waals surface area contributed by atoms with Crippen LogP contribution in [0, 0.1) is 6.08 Å². The van der Waals surface area contributed by atoms with Gasteiger partial charge in [-0.05, 0) is 0 Å². The molecule has 0 N–H and O–H groups in total. The van der Waals surface area contributed by atoms with Gasteiger partial charge in [-0.2, -0.15) is 6.08 Å². The molecule has 0 aromatic carbocycles. The summed E-state index contributed by atoms with van der Waals surface area (Å²) in [6, 6.07) is 0. The van der Waals surface area contributed by atoms with E-state index in [0.29, 0.717) is 0 Å². The second kappa shape index (κ2) is 10.9. The Morgan fingerprint density at radius 3 is 2.38 bits per heavy atom. The standard InChI is InChI=1S/C10H15.2ClH.Ti/c1-3-4-7-10-8-5-6-9(10)2;;;/h6H,3-5,7H2,1-2H3;2*1H;/q-1;;;+3/p-2. The quantitative estimate of drug-likeness (QED) is 0.379. The second-order valence-corrected chi connectivity index (χ2v) is 2.85. The van der Waals surface area contributed by atoms with Crippen molar-refractivity contribution in [2.24, 2.45) is 0 Å². The van der Waals surface area contributed by atoms with Gasteiger partial charge in [0.1, 0.15) is 0 Å². The number of unbranched alkanes of at least 4 members (excludes halogenated alkanes) is 1. The van der Waals surface area contributed by atoms with Gasteiger partial charge in [-0.25, -0.2) is 11.1 Å². The molecule has 0 amide bonds. The first-order valence-corrected chi connectivity index (χ1v) is 4.11. The van der Waals surface area contributed by atoms with Gasteiger partial charge in [0.05, 0.1) is 0 Å². The third-order valence-electron chi connectivity index (χ3n) is 1.98. The first kappa shape index (κ1) is 19.4. The molecule has 0 aliphatic heterocycles. The van der Waals surface area contributed by atoms with E-state index in [4.69, 9.17) is 0 Å². The summed E-state index contributed by atoms with van der Waals surface area (Å²) in [5.74, 6) is 0. The van der Waals surface area contributed by atoms with Crippen LogP contribution in [0.3, 0.4) is 0 Å². The number of allylic oxidation sites excluding steroid dienone is 4. The topological polar surface area (TPSA) is 0 Å². The molecule has 3 heteroatoms. The largest absolute Gasteiger partial charge is 3.00 e. The van der Waals surface area contributed by atoms with Gasteiger partial charge in [-0.15, -0.1) is 13.3 Å². The molecule has 1 rings (SSSR count). The summed E-state index contributed by atoms with van der Waals surface area (Å²) in [6.45, 7) is 4.42. The number of rotatable bonds is 3. The van der Waals surface area contributed by atoms with E-state index < -0.39 is 0 Å². The second-order valence-electron chi connectivity index (χ2n) is 2.85. The molecule has 0 aromatic rings. The number of halogens is 2. The molecule has 0 spiro atoms. The van der Waals surface area contributed by atoms with Crippen molar-refractivity contribution in [2.75, 3.05) is 0 Å². The first-order valence-electron chi connectivity index (χ1n) is 4.11. The van der Waals surface area contributed by atoms with Crippen LogP contribution in [0.5, 0.6) is 0 Å². The molecule has 1 radical (unpaired) electrons. The van der Waals surface area contributed by atoms with Crippen molar-refractivity contribution in [1.82, 2.24) is 0 Å². The molecule has 13 heavy (non-hydrogen) atoms. The van der Waals surface area contributed by atoms with E-state index in [1.165, 1.54) is 30.4 Å². The molecule has 0 fully saturated rings. The minimum atomic E-state index is 0. The molecule has 0 aromatic heterocycles. The summed E-state index contributed by atoms with van der Waals surface area (Å²) in [4.78, 5) is 0. The number of hydrogen-bond acceptors (Lipinski definition) is 0. The molecular formula is C10H15Cl2Ti. The fourth-order valence-electron chi connectivity index (χ4n) is 1.23. The van der Waals surface area contributed by atoms with Crippen LogP contribution in [0.4, 0.5) is 0 Å². The molecule has 73 valence electrons. The van der Waals surface area contributed by atoms with E-state index in [0.717, 1.165) is 6.42 Å². The molecule has 0 saturated carbocycles. The first-order chi connectivity index (χ1) is 4.84. The summed E-state index contributed by atoms with van der Waals surface area (Å²) in [5, 5.41) is 0. The maximum absolute atomic E-state index is 3.37. The van der Waals surface area contributed by atoms with Gasteiger partial charge in [0.15, 0.2) is 0 Å². The van der Waals surface area contributed by atoms with E-state index in [1.54, 1.807) is 0 Å². The Morgan fingerprint density at radius 1 is 1.38 bits per heavy atom. The van der Waals surface area contributed by atoms with Crippen LogP contribution >= 0.6 is 0 Å². The third-order valence-corrected chi connectivity index (χ3v) is 1.98. The van der Waals surface area contributed by atoms with Crippen LogP contribution < -0.4 is 24.8 Å². The van der Waals surface area contributed by atoms with Crippen molar-refractivity contribution in [3.05, 3.63) is 23.3 Å². The summed E-state index contributed by atoms with van der Waals surface area (Å²) < 4.78 is 0. The van der Waals surface area contributed by atoms with E-state index in [-0.39, 0.29) is 46.5 Å². The minimum absolute atomic E-state index is 0. The zero-order chi connectivity index (χ0) is 7.40. The number of hydrogen-bond donors (Lipinski definition) is 0. The fraction of sp³-hybridized carbons (Fsp3) is 0.600. The SMILES string of the molecule is CCCCC1=[C-]CC=C1C.[Cl-].[Cl-].[Ti+3]. The Morgan fingerprint density at radius 2 is 2.00 bits per heavy atom. The van der Waals surface area contributed by atoms with Crippen molar-refractivity contribution in [2.45, 2.75) is 39.5 Å². The summed E-state index contributed by atoms with van der Waals surface area (Å²) >= 11 is 0. The zero-order valence-electron chi connectivity index (χ0n) is 8.16. The Hall–Kier alpha value is 0.774. The monoisotopic (exact) mass is 253 g/mol. The fourth-order valence-corrected chi connectivity index (χ4v) is 1.23. The van der Waals surface area contributed by atoms with Crippen LogP contribution in [0.25, 0.3) is 0 Å². The van der Waals surface area contributed by atoms with Crippen molar-refractivity contribution in [3.63, 3.8) is 0 Å². The maximum Gasteiger partial charge on any atom is 3.00 e. The van der Waals surface area contributed by atoms with E-state index in [9.17, 15) is 0 Å². The van der Waals surface area contributed by atoms with E-state index >= 15 is 0 Å². The van der Waals surface area contributed by atoms with Gasteiger partial charge in [0.2, 0.25) is 0 Å². The van der Waals surface area contributed by atoms with Gasteiger partial charge in [0, 0.05) is 0 Å². The predicted octanol–water partition coefficient (Wildman–Crippen LogP) is -2.74. The molecule has 0 bridgehead atoms. The van der Waals surface area contributed by atoms with Crippen LogP contribution in [0.2, 0.25) is 0 Å². The van der Waals surface area contributed by atoms with Crippen LogP contribution in [-0.2, 0) is 21.7 Å². The Kier molecular flexibility index (Phi) is 16.2. The van der Waals surface area contributed by atoms with Crippen LogP contribution in [-0.4, -0.2) is 0 Å². The minimum Gasteiger partial charge on any atom is -1.00 e. The third kappa shape index (κ3) is 6.79. The van der Waals surface area contributed by atoms with E-state index in [2.05, 4.69) is 26.0 Å². The van der Waals surface area contributed by atoms with Gasteiger partial charge in [-0.1, -0.05) is 26.2 Å². The smallest absolute Gasteiger partial charge is 1.00 e. The molecular weight excluding hydrogens is 239 g/mol. The molecule has 0 nitrogen and oxygen atoms in total. The summed E-state index contributed by atoms with van der Waals surface area (Å²) in [6.07, 6.45) is 10.5. The Bertz CT molecular complexity index is 174. The molecule has 1 aliphatic rings. The van der Waals surface area contributed by atoms with Gasteiger partial charge in [0.25, 0.3) is 0 Å². The Labute approximate surface area is 109 Å². The van der Waals surface area contributed by atoms with Crippen LogP contribution in [0.15, 0.2) is 17.2 Å². The molecule has 0 unspecified atom stereocenters. The molecule has 1 aliphatic carbocycles. The molecule has 0 atom stereocenters. The van der Waals surface area contributed by atoms with Crippen molar-refractivity contribution in [3.8, 4) is 0 Å². The van der Waals surface area contributed by atoms with E-state index in [1.807, 2.05) is 0 Å². The average molecular weight is 254 g/mol. The normalized spacial score (nSPS) is 13.1. The molecule has 0 heterocycles. The summed E-state index contributed by atoms with van der Waals surface area (Å²) in [5.41, 5.74) is 2.91. The maximum atomic E-state index is 3.37. The van der Waals surface area contributed by atoms with Gasteiger partial charge in [-0.3, -0.25) is 6.08 Å². The summed E-state index contributed by atoms with van der Waals surface area (Å²) in [7, 11) is 0. The van der Waals surface area contributed by atoms with Crippen molar-refractivity contribution >= 4 is 0 Å².